The molecule has 0 spiro atoms. The Kier molecular flexibility index (Phi) is 7.44. The highest BCUT2D eigenvalue weighted by Crippen LogP contribution is 2.39. The Labute approximate surface area is 211 Å². The molecular formula is C28H17F9O. The van der Waals surface area contributed by atoms with Gasteiger partial charge >= 0.3 is 6.11 Å². The summed E-state index contributed by atoms with van der Waals surface area (Å²) in [5, 5.41) is 0. The predicted molar refractivity (Wildman–Crippen MR) is 122 cm³/mol. The van der Waals surface area contributed by atoms with Crippen molar-refractivity contribution in [2.45, 2.75) is 25.9 Å². The first-order valence-electron chi connectivity index (χ1n) is 11.2. The minimum atomic E-state index is -4.75. The Morgan fingerprint density at radius 1 is 0.605 bits per heavy atom. The van der Waals surface area contributed by atoms with Crippen LogP contribution in [0.15, 0.2) is 60.7 Å². The largest absolute Gasteiger partial charge is 0.432 e. The van der Waals surface area contributed by atoms with Gasteiger partial charge < -0.3 is 4.74 Å². The second kappa shape index (κ2) is 10.4. The molecule has 0 amide bonds. The van der Waals surface area contributed by atoms with Crippen LogP contribution >= 0.6 is 0 Å². The highest BCUT2D eigenvalue weighted by molar-refractivity contribution is 5.67. The van der Waals surface area contributed by atoms with Gasteiger partial charge in [-0.05, 0) is 53.4 Å². The van der Waals surface area contributed by atoms with Gasteiger partial charge in [-0.15, -0.1) is 0 Å². The molecule has 0 fully saturated rings. The first-order valence-corrected chi connectivity index (χ1v) is 11.2. The first-order chi connectivity index (χ1) is 17.9. The van der Waals surface area contributed by atoms with Gasteiger partial charge in [-0.25, -0.2) is 30.7 Å². The lowest BCUT2D eigenvalue weighted by molar-refractivity contribution is -0.189. The summed E-state index contributed by atoms with van der Waals surface area (Å²) >= 11 is 0. The van der Waals surface area contributed by atoms with Crippen LogP contribution in [0.1, 0.15) is 24.5 Å². The van der Waals surface area contributed by atoms with Crippen molar-refractivity contribution < 1.29 is 44.3 Å². The van der Waals surface area contributed by atoms with Gasteiger partial charge in [0, 0.05) is 17.7 Å². The second-order valence-corrected chi connectivity index (χ2v) is 8.39. The second-order valence-electron chi connectivity index (χ2n) is 8.39. The molecule has 0 atom stereocenters. The maximum atomic E-state index is 14.8. The lowest BCUT2D eigenvalue weighted by Crippen LogP contribution is -2.25. The van der Waals surface area contributed by atoms with Crippen LogP contribution in [0.5, 0.6) is 5.75 Å². The lowest BCUT2D eigenvalue weighted by Gasteiger charge is -2.20. The van der Waals surface area contributed by atoms with Crippen molar-refractivity contribution in [1.82, 2.24) is 0 Å². The summed E-state index contributed by atoms with van der Waals surface area (Å²) in [6.45, 7) is 1.88. The normalized spacial score (nSPS) is 11.6. The van der Waals surface area contributed by atoms with Gasteiger partial charge in [-0.2, -0.15) is 8.78 Å². The Balaban J connectivity index is 1.66. The van der Waals surface area contributed by atoms with Gasteiger partial charge in [0.2, 0.25) is 0 Å². The zero-order chi connectivity index (χ0) is 27.8. The molecule has 38 heavy (non-hydrogen) atoms. The number of halogens is 9. The highest BCUT2D eigenvalue weighted by atomic mass is 19.3. The summed E-state index contributed by atoms with van der Waals surface area (Å²) in [5.41, 5.74) is -3.10. The van der Waals surface area contributed by atoms with Gasteiger partial charge in [-0.3, -0.25) is 0 Å². The lowest BCUT2D eigenvalue weighted by atomic mass is 9.99. The number of rotatable bonds is 7. The van der Waals surface area contributed by atoms with Crippen LogP contribution in [0, 0.1) is 40.7 Å². The summed E-state index contributed by atoms with van der Waals surface area (Å²) < 4.78 is 133. The van der Waals surface area contributed by atoms with E-state index < -0.39 is 69.3 Å². The molecule has 0 aliphatic rings. The molecule has 0 saturated carbocycles. The van der Waals surface area contributed by atoms with Crippen LogP contribution in [-0.2, 0) is 12.5 Å². The van der Waals surface area contributed by atoms with Gasteiger partial charge in [0.25, 0.3) is 0 Å². The van der Waals surface area contributed by atoms with E-state index in [1.807, 2.05) is 6.92 Å². The van der Waals surface area contributed by atoms with Gasteiger partial charge in [0.05, 0.1) is 5.56 Å². The molecule has 10 heteroatoms. The minimum Gasteiger partial charge on any atom is -0.429 e. The molecular weight excluding hydrogens is 523 g/mol. The average molecular weight is 540 g/mol. The number of benzene rings is 4. The van der Waals surface area contributed by atoms with Crippen LogP contribution in [0.25, 0.3) is 22.3 Å². The number of alkyl halides is 2. The Morgan fingerprint density at radius 3 is 1.76 bits per heavy atom. The summed E-state index contributed by atoms with van der Waals surface area (Å²) in [6.07, 6.45) is -3.46. The zero-order valence-electron chi connectivity index (χ0n) is 19.5. The van der Waals surface area contributed by atoms with Crippen LogP contribution < -0.4 is 4.74 Å². The molecule has 4 rings (SSSR count). The smallest absolute Gasteiger partial charge is 0.429 e. The fourth-order valence-electron chi connectivity index (χ4n) is 3.98. The molecule has 0 radical (unpaired) electrons. The van der Waals surface area contributed by atoms with Crippen LogP contribution in [0.3, 0.4) is 0 Å². The van der Waals surface area contributed by atoms with Gasteiger partial charge in [0.15, 0.2) is 11.6 Å². The molecule has 4 aromatic carbocycles. The molecule has 0 heterocycles. The van der Waals surface area contributed by atoms with Crippen molar-refractivity contribution in [3.05, 3.63) is 113 Å². The Bertz CT molecular complexity index is 1470. The fourth-order valence-corrected chi connectivity index (χ4v) is 3.98. The number of aryl methyl sites for hydroxylation is 1. The monoisotopic (exact) mass is 540 g/mol. The highest BCUT2D eigenvalue weighted by Gasteiger charge is 2.41. The van der Waals surface area contributed by atoms with Crippen molar-refractivity contribution in [2.24, 2.45) is 0 Å². The quantitative estimate of drug-likeness (QED) is 0.213. The van der Waals surface area contributed by atoms with Gasteiger partial charge in [-0.1, -0.05) is 31.5 Å². The van der Waals surface area contributed by atoms with E-state index in [9.17, 15) is 39.5 Å². The van der Waals surface area contributed by atoms with Crippen LogP contribution in [-0.4, -0.2) is 0 Å². The third-order valence-electron chi connectivity index (χ3n) is 5.69. The number of ether oxygens (including phenoxy) is 1. The molecule has 1 nitrogen and oxygen atoms in total. The fraction of sp³-hybridized carbons (Fsp3) is 0.143. The SMILES string of the molecule is CCCc1ccc(-c2cc(F)c(C(F)(F)Oc3cc(F)c(-c4ccc(F)c(F)c4)c(F)c3)c(F)c2)c(F)c1. The molecule has 0 saturated heterocycles. The van der Waals surface area contributed by atoms with Crippen LogP contribution in [0.2, 0.25) is 0 Å². The summed E-state index contributed by atoms with van der Waals surface area (Å²) in [7, 11) is 0. The molecule has 198 valence electrons. The van der Waals surface area contributed by atoms with E-state index in [0.29, 0.717) is 48.4 Å². The van der Waals surface area contributed by atoms with Crippen molar-refractivity contribution in [1.29, 1.82) is 0 Å². The zero-order valence-corrected chi connectivity index (χ0v) is 19.5. The molecule has 4 aromatic rings. The molecule has 0 N–H and O–H groups in total. The van der Waals surface area contributed by atoms with Crippen molar-refractivity contribution in [2.75, 3.05) is 0 Å². The molecule has 0 aliphatic heterocycles. The predicted octanol–water partition coefficient (Wildman–Crippen LogP) is 9.08. The molecule has 0 aromatic heterocycles. The Morgan fingerprint density at radius 2 is 1.21 bits per heavy atom. The van der Waals surface area contributed by atoms with E-state index in [1.165, 1.54) is 18.2 Å². The standard InChI is InChI=1S/C28H17F9O/c1-2-3-14-4-6-18(20(30)8-14)16-10-24(34)27(25(35)11-16)28(36,37)38-17-12-22(32)26(23(33)13-17)15-5-7-19(29)21(31)9-15/h4-13H,2-3H2,1H3. The van der Waals surface area contributed by atoms with E-state index in [2.05, 4.69) is 4.74 Å². The number of hydrogen-bond donors (Lipinski definition) is 0. The van der Waals surface area contributed by atoms with Crippen molar-refractivity contribution in [3.63, 3.8) is 0 Å². The summed E-state index contributed by atoms with van der Waals surface area (Å²) in [4.78, 5) is 0. The number of hydrogen-bond acceptors (Lipinski definition) is 1. The third-order valence-corrected chi connectivity index (χ3v) is 5.69. The van der Waals surface area contributed by atoms with Crippen LogP contribution in [0.4, 0.5) is 39.5 Å². The van der Waals surface area contributed by atoms with Crippen molar-refractivity contribution >= 4 is 0 Å². The van der Waals surface area contributed by atoms with E-state index in [-0.39, 0.29) is 11.1 Å². The minimum absolute atomic E-state index is 0.226. The maximum Gasteiger partial charge on any atom is 0.432 e. The van der Waals surface area contributed by atoms with E-state index in [1.54, 1.807) is 0 Å². The topological polar surface area (TPSA) is 9.23 Å². The molecule has 0 unspecified atom stereocenters. The van der Waals surface area contributed by atoms with Crippen molar-refractivity contribution in [3.8, 4) is 28.0 Å². The van der Waals surface area contributed by atoms with E-state index in [4.69, 9.17) is 0 Å². The van der Waals surface area contributed by atoms with E-state index in [0.717, 1.165) is 12.5 Å². The Hall–Kier alpha value is -3.95. The van der Waals surface area contributed by atoms with Gasteiger partial charge in [0.1, 0.15) is 40.4 Å². The summed E-state index contributed by atoms with van der Waals surface area (Å²) in [6, 6.07) is 7.52. The molecule has 0 aliphatic carbocycles. The van der Waals surface area contributed by atoms with E-state index >= 15 is 0 Å². The first kappa shape index (κ1) is 27.1. The maximum absolute atomic E-state index is 14.8. The summed E-state index contributed by atoms with van der Waals surface area (Å²) in [5.74, 6) is -11.2. The average Bonchev–Trinajstić information content (AvgIpc) is 2.80. The third kappa shape index (κ3) is 5.34. The molecule has 0 bridgehead atoms.